The summed E-state index contributed by atoms with van der Waals surface area (Å²) in [6.45, 7) is 0.892. The highest BCUT2D eigenvalue weighted by atomic mass is 16.7. The Morgan fingerprint density at radius 2 is 2.07 bits per heavy atom. The molecule has 3 aromatic rings. The lowest BCUT2D eigenvalue weighted by Gasteiger charge is -2.10. The summed E-state index contributed by atoms with van der Waals surface area (Å²) < 4.78 is 12.4. The van der Waals surface area contributed by atoms with E-state index in [4.69, 9.17) is 9.47 Å². The van der Waals surface area contributed by atoms with Crippen LogP contribution in [0.1, 0.15) is 27.5 Å². The summed E-state index contributed by atoms with van der Waals surface area (Å²) in [5, 5.41) is 11.7. The van der Waals surface area contributed by atoms with Crippen molar-refractivity contribution < 1.29 is 14.3 Å². The number of anilines is 1. The molecule has 1 unspecified atom stereocenters. The van der Waals surface area contributed by atoms with Crippen molar-refractivity contribution in [1.29, 1.82) is 0 Å². The maximum absolute atomic E-state index is 12.5. The van der Waals surface area contributed by atoms with E-state index in [0.29, 0.717) is 29.4 Å². The van der Waals surface area contributed by atoms with Crippen LogP contribution in [-0.4, -0.2) is 28.7 Å². The molecule has 0 saturated heterocycles. The standard InChI is InChI=1S/C20H17N5O3/c26-20(24-21-9-13-6-7-17-18(8-13)28-12-27-17)15-10-22-25-11-16(23-19(15)25)14-4-2-1-3-5-14/h1-10,16,23H,11-12H2,(H,24,26)/b21-9+. The summed E-state index contributed by atoms with van der Waals surface area (Å²) >= 11 is 0. The van der Waals surface area contributed by atoms with Crippen molar-refractivity contribution in [3.63, 3.8) is 0 Å². The van der Waals surface area contributed by atoms with Crippen LogP contribution >= 0.6 is 0 Å². The topological polar surface area (TPSA) is 89.8 Å². The maximum atomic E-state index is 12.5. The van der Waals surface area contributed by atoms with Gasteiger partial charge in [-0.05, 0) is 29.3 Å². The average molecular weight is 375 g/mol. The van der Waals surface area contributed by atoms with Crippen LogP contribution in [0.3, 0.4) is 0 Å². The molecule has 28 heavy (non-hydrogen) atoms. The first kappa shape index (κ1) is 16.4. The average Bonchev–Trinajstić information content (AvgIpc) is 3.43. The van der Waals surface area contributed by atoms with Gasteiger partial charge in [-0.3, -0.25) is 4.79 Å². The van der Waals surface area contributed by atoms with Gasteiger partial charge < -0.3 is 14.8 Å². The van der Waals surface area contributed by atoms with Crippen LogP contribution < -0.4 is 20.2 Å². The Morgan fingerprint density at radius 3 is 2.96 bits per heavy atom. The van der Waals surface area contributed by atoms with Crippen molar-refractivity contribution in [1.82, 2.24) is 15.2 Å². The quantitative estimate of drug-likeness (QED) is 0.540. The van der Waals surface area contributed by atoms with Crippen molar-refractivity contribution in [2.75, 3.05) is 12.1 Å². The lowest BCUT2D eigenvalue weighted by Crippen LogP contribution is -2.18. The van der Waals surface area contributed by atoms with Crippen molar-refractivity contribution in [3.05, 3.63) is 71.4 Å². The number of carbonyl (C=O) groups excluding carboxylic acids is 1. The van der Waals surface area contributed by atoms with E-state index >= 15 is 0 Å². The molecule has 2 aromatic carbocycles. The second kappa shape index (κ2) is 6.73. The molecule has 1 amide bonds. The van der Waals surface area contributed by atoms with Crippen molar-refractivity contribution in [3.8, 4) is 11.5 Å². The number of carbonyl (C=O) groups is 1. The third kappa shape index (κ3) is 2.94. The van der Waals surface area contributed by atoms with Crippen LogP contribution in [0.4, 0.5) is 5.82 Å². The van der Waals surface area contributed by atoms with E-state index < -0.39 is 0 Å². The largest absolute Gasteiger partial charge is 0.454 e. The molecule has 0 bridgehead atoms. The maximum Gasteiger partial charge on any atom is 0.276 e. The number of benzene rings is 2. The van der Waals surface area contributed by atoms with Crippen LogP contribution in [0.15, 0.2) is 59.8 Å². The molecule has 8 nitrogen and oxygen atoms in total. The van der Waals surface area contributed by atoms with Crippen LogP contribution in [0.5, 0.6) is 11.5 Å². The Morgan fingerprint density at radius 1 is 1.21 bits per heavy atom. The minimum absolute atomic E-state index is 0.0913. The number of nitrogens with one attached hydrogen (secondary N) is 2. The van der Waals surface area contributed by atoms with Crippen LogP contribution in [0.2, 0.25) is 0 Å². The Hall–Kier alpha value is -3.81. The fourth-order valence-corrected chi connectivity index (χ4v) is 3.32. The normalized spacial score (nSPS) is 16.8. The molecule has 1 atom stereocenters. The van der Waals surface area contributed by atoms with Crippen LogP contribution in [-0.2, 0) is 6.54 Å². The van der Waals surface area contributed by atoms with Gasteiger partial charge in [0, 0.05) is 0 Å². The zero-order valence-electron chi connectivity index (χ0n) is 14.8. The monoisotopic (exact) mass is 375 g/mol. The highest BCUT2D eigenvalue weighted by Gasteiger charge is 2.27. The van der Waals surface area contributed by atoms with E-state index in [1.54, 1.807) is 17.1 Å². The lowest BCUT2D eigenvalue weighted by atomic mass is 10.1. The SMILES string of the molecule is O=C(N/N=C/c1ccc2c(c1)OCO2)c1cnn2c1NC(c1ccccc1)C2. The minimum Gasteiger partial charge on any atom is -0.454 e. The predicted octanol–water partition coefficient (Wildman–Crippen LogP) is 2.54. The van der Waals surface area contributed by atoms with Gasteiger partial charge in [0.05, 0.1) is 25.0 Å². The van der Waals surface area contributed by atoms with Crippen molar-refractivity contribution in [2.45, 2.75) is 12.6 Å². The first-order valence-electron chi connectivity index (χ1n) is 8.88. The van der Waals surface area contributed by atoms with E-state index in [9.17, 15) is 4.79 Å². The van der Waals surface area contributed by atoms with Gasteiger partial charge in [-0.2, -0.15) is 10.2 Å². The summed E-state index contributed by atoms with van der Waals surface area (Å²) in [4.78, 5) is 12.5. The second-order valence-corrected chi connectivity index (χ2v) is 6.51. The van der Waals surface area contributed by atoms with Gasteiger partial charge in [0.25, 0.3) is 5.91 Å². The van der Waals surface area contributed by atoms with Crippen molar-refractivity contribution >= 4 is 17.9 Å². The molecule has 140 valence electrons. The molecular formula is C20H17N5O3. The Bertz CT molecular complexity index is 1060. The Kier molecular flexibility index (Phi) is 3.93. The molecule has 0 spiro atoms. The molecule has 2 N–H and O–H groups in total. The predicted molar refractivity (Wildman–Crippen MR) is 103 cm³/mol. The molecule has 2 aliphatic rings. The van der Waals surface area contributed by atoms with Crippen LogP contribution in [0, 0.1) is 0 Å². The number of fused-ring (bicyclic) bond motifs is 2. The summed E-state index contributed by atoms with van der Waals surface area (Å²) in [5.74, 6) is 1.75. The molecule has 3 heterocycles. The number of hydrazone groups is 1. The smallest absolute Gasteiger partial charge is 0.276 e. The molecule has 0 fully saturated rings. The minimum atomic E-state index is -0.320. The second-order valence-electron chi connectivity index (χ2n) is 6.51. The van der Waals surface area contributed by atoms with Crippen LogP contribution in [0.25, 0.3) is 0 Å². The van der Waals surface area contributed by atoms with Crippen molar-refractivity contribution in [2.24, 2.45) is 5.10 Å². The van der Waals surface area contributed by atoms with Gasteiger partial charge in [0.15, 0.2) is 11.5 Å². The molecular weight excluding hydrogens is 358 g/mol. The highest BCUT2D eigenvalue weighted by Crippen LogP contribution is 2.32. The molecule has 1 aromatic heterocycles. The Balaban J connectivity index is 1.26. The summed E-state index contributed by atoms with van der Waals surface area (Å²) in [5.41, 5.74) is 4.96. The third-order valence-electron chi connectivity index (χ3n) is 4.73. The molecule has 5 rings (SSSR count). The van der Waals surface area contributed by atoms with Gasteiger partial charge in [-0.1, -0.05) is 30.3 Å². The zero-order valence-corrected chi connectivity index (χ0v) is 14.8. The number of nitrogens with zero attached hydrogens (tertiary/aromatic N) is 3. The Labute approximate surface area is 160 Å². The van der Waals surface area contributed by atoms with Gasteiger partial charge in [0.2, 0.25) is 6.79 Å². The van der Waals surface area contributed by atoms with Gasteiger partial charge >= 0.3 is 0 Å². The van der Waals surface area contributed by atoms with E-state index in [1.165, 1.54) is 0 Å². The number of aromatic nitrogens is 2. The number of amides is 1. The molecule has 0 radical (unpaired) electrons. The van der Waals surface area contributed by atoms with Gasteiger partial charge in [0.1, 0.15) is 11.4 Å². The number of hydrogen-bond donors (Lipinski definition) is 2. The fourth-order valence-electron chi connectivity index (χ4n) is 3.32. The summed E-state index contributed by atoms with van der Waals surface area (Å²) in [6.07, 6.45) is 3.11. The van der Waals surface area contributed by atoms with E-state index in [2.05, 4.69) is 33.1 Å². The number of hydrogen-bond acceptors (Lipinski definition) is 6. The molecule has 8 heteroatoms. The van der Waals surface area contributed by atoms with E-state index in [0.717, 1.165) is 11.1 Å². The first-order chi connectivity index (χ1) is 13.8. The highest BCUT2D eigenvalue weighted by molar-refractivity contribution is 5.99. The first-order valence-corrected chi connectivity index (χ1v) is 8.88. The van der Waals surface area contributed by atoms with E-state index in [1.807, 2.05) is 36.4 Å². The fraction of sp³-hybridized carbons (Fsp3) is 0.150. The number of ether oxygens (including phenoxy) is 2. The summed E-state index contributed by atoms with van der Waals surface area (Å²) in [7, 11) is 0. The molecule has 2 aliphatic heterocycles. The zero-order chi connectivity index (χ0) is 18.9. The molecule has 0 saturated carbocycles. The lowest BCUT2D eigenvalue weighted by molar-refractivity contribution is 0.0956. The van der Waals surface area contributed by atoms with E-state index in [-0.39, 0.29) is 18.7 Å². The van der Waals surface area contributed by atoms with Gasteiger partial charge in [-0.25, -0.2) is 10.1 Å². The molecule has 0 aliphatic carbocycles. The summed E-state index contributed by atoms with van der Waals surface area (Å²) in [6, 6.07) is 15.6. The third-order valence-corrected chi connectivity index (χ3v) is 4.73. The number of rotatable bonds is 4. The van der Waals surface area contributed by atoms with Gasteiger partial charge in [-0.15, -0.1) is 0 Å².